The summed E-state index contributed by atoms with van der Waals surface area (Å²) in [5.74, 6) is 5.83. The van der Waals surface area contributed by atoms with Gasteiger partial charge >= 0.3 is 0 Å². The fraction of sp³-hybridized carbons (Fsp3) is 0.273. The van der Waals surface area contributed by atoms with Crippen molar-refractivity contribution >= 4 is 19.7 Å². The Morgan fingerprint density at radius 1 is 1.20 bits per heavy atom. The fourth-order valence-electron chi connectivity index (χ4n) is 1.02. The van der Waals surface area contributed by atoms with Crippen molar-refractivity contribution in [1.82, 2.24) is 0 Å². The molecule has 0 aliphatic carbocycles. The summed E-state index contributed by atoms with van der Waals surface area (Å²) >= 11 is 0. The molecule has 0 atom stereocenters. The van der Waals surface area contributed by atoms with Gasteiger partial charge in [0.15, 0.2) is 0 Å². The van der Waals surface area contributed by atoms with E-state index in [4.69, 9.17) is 10.7 Å². The van der Waals surface area contributed by atoms with Crippen LogP contribution in [-0.2, 0) is 9.05 Å². The van der Waals surface area contributed by atoms with Crippen molar-refractivity contribution in [2.75, 3.05) is 5.75 Å². The molecule has 0 N–H and O–H groups in total. The van der Waals surface area contributed by atoms with Gasteiger partial charge in [-0.25, -0.2) is 8.42 Å². The van der Waals surface area contributed by atoms with E-state index in [2.05, 4.69) is 11.8 Å². The summed E-state index contributed by atoms with van der Waals surface area (Å²) in [4.78, 5) is 0. The minimum absolute atomic E-state index is 0.0158. The van der Waals surface area contributed by atoms with E-state index in [0.29, 0.717) is 12.8 Å². The van der Waals surface area contributed by atoms with Gasteiger partial charge in [-0.05, 0) is 18.6 Å². The SMILES string of the molecule is O=S(=O)(Cl)CCCC#Cc1ccccc1. The quantitative estimate of drug-likeness (QED) is 0.463. The predicted molar refractivity (Wildman–Crippen MR) is 62.2 cm³/mol. The molecule has 0 amide bonds. The average Bonchev–Trinajstić information content (AvgIpc) is 2.17. The lowest BCUT2D eigenvalue weighted by molar-refractivity contribution is 0.607. The van der Waals surface area contributed by atoms with E-state index in [0.717, 1.165) is 5.56 Å². The maximum absolute atomic E-state index is 10.6. The van der Waals surface area contributed by atoms with Crippen LogP contribution in [0.3, 0.4) is 0 Å². The first-order chi connectivity index (χ1) is 7.08. The average molecular weight is 243 g/mol. The lowest BCUT2D eigenvalue weighted by atomic mass is 10.2. The van der Waals surface area contributed by atoms with Crippen LogP contribution >= 0.6 is 10.7 Å². The molecule has 80 valence electrons. The smallest absolute Gasteiger partial charge is 0.212 e. The zero-order chi connectivity index (χ0) is 11.1. The Bertz CT molecular complexity index is 454. The Morgan fingerprint density at radius 2 is 1.87 bits per heavy atom. The normalized spacial score (nSPS) is 10.5. The van der Waals surface area contributed by atoms with Crippen LogP contribution in [-0.4, -0.2) is 14.2 Å². The lowest BCUT2D eigenvalue weighted by Gasteiger charge is -1.90. The topological polar surface area (TPSA) is 34.1 Å². The third-order valence-electron chi connectivity index (χ3n) is 1.70. The van der Waals surface area contributed by atoms with Crippen molar-refractivity contribution in [3.8, 4) is 11.8 Å². The van der Waals surface area contributed by atoms with Gasteiger partial charge in [-0.3, -0.25) is 0 Å². The molecule has 0 fully saturated rings. The van der Waals surface area contributed by atoms with E-state index in [1.807, 2.05) is 30.3 Å². The van der Waals surface area contributed by atoms with Crippen LogP contribution in [0.2, 0.25) is 0 Å². The highest BCUT2D eigenvalue weighted by molar-refractivity contribution is 8.13. The second-order valence-electron chi connectivity index (χ2n) is 3.01. The van der Waals surface area contributed by atoms with Gasteiger partial charge in [0.1, 0.15) is 0 Å². The summed E-state index contributed by atoms with van der Waals surface area (Å²) in [6.07, 6.45) is 1.02. The van der Waals surface area contributed by atoms with E-state index in [1.165, 1.54) is 0 Å². The van der Waals surface area contributed by atoms with Crippen LogP contribution in [0, 0.1) is 11.8 Å². The Kier molecular flexibility index (Phi) is 4.67. The van der Waals surface area contributed by atoms with Crippen LogP contribution in [0.4, 0.5) is 0 Å². The minimum Gasteiger partial charge on any atom is -0.212 e. The summed E-state index contributed by atoms with van der Waals surface area (Å²) in [5.41, 5.74) is 0.936. The zero-order valence-electron chi connectivity index (χ0n) is 8.11. The molecule has 1 rings (SSSR count). The van der Waals surface area contributed by atoms with Crippen LogP contribution in [0.5, 0.6) is 0 Å². The molecule has 0 saturated heterocycles. The summed E-state index contributed by atoms with van der Waals surface area (Å²) in [7, 11) is 1.69. The number of hydrogen-bond acceptors (Lipinski definition) is 2. The van der Waals surface area contributed by atoms with Gasteiger partial charge in [0.25, 0.3) is 0 Å². The van der Waals surface area contributed by atoms with Gasteiger partial charge in [0, 0.05) is 22.7 Å². The van der Waals surface area contributed by atoms with Crippen LogP contribution in [0.25, 0.3) is 0 Å². The molecule has 0 heterocycles. The molecule has 0 aliphatic rings. The van der Waals surface area contributed by atoms with Crippen molar-refractivity contribution in [3.05, 3.63) is 35.9 Å². The standard InChI is InChI=1S/C11H11ClO2S/c12-15(13,14)10-6-2-5-9-11-7-3-1-4-8-11/h1,3-4,7-8H,2,6,10H2. The predicted octanol–water partition coefficient (Wildman–Crippen LogP) is 2.39. The van der Waals surface area contributed by atoms with Gasteiger partial charge < -0.3 is 0 Å². The molecule has 0 aromatic heterocycles. The van der Waals surface area contributed by atoms with Crippen molar-refractivity contribution < 1.29 is 8.42 Å². The largest absolute Gasteiger partial charge is 0.232 e. The first-order valence-electron chi connectivity index (χ1n) is 4.54. The van der Waals surface area contributed by atoms with E-state index < -0.39 is 9.05 Å². The number of benzene rings is 1. The molecule has 4 heteroatoms. The first kappa shape index (κ1) is 12.1. The van der Waals surface area contributed by atoms with Crippen LogP contribution in [0.15, 0.2) is 30.3 Å². The maximum atomic E-state index is 10.6. The van der Waals surface area contributed by atoms with E-state index >= 15 is 0 Å². The Labute approximate surface area is 94.7 Å². The highest BCUT2D eigenvalue weighted by atomic mass is 35.7. The van der Waals surface area contributed by atoms with Gasteiger partial charge in [-0.2, -0.15) is 0 Å². The zero-order valence-corrected chi connectivity index (χ0v) is 9.68. The second-order valence-corrected chi connectivity index (χ2v) is 5.91. The molecule has 0 aliphatic heterocycles. The lowest BCUT2D eigenvalue weighted by Crippen LogP contribution is -1.95. The molecule has 2 nitrogen and oxygen atoms in total. The Balaban J connectivity index is 2.36. The van der Waals surface area contributed by atoms with Gasteiger partial charge in [0.2, 0.25) is 9.05 Å². The van der Waals surface area contributed by atoms with E-state index in [1.54, 1.807) is 0 Å². The molecular weight excluding hydrogens is 232 g/mol. The maximum Gasteiger partial charge on any atom is 0.232 e. The number of rotatable bonds is 3. The van der Waals surface area contributed by atoms with E-state index in [9.17, 15) is 8.42 Å². The molecular formula is C11H11ClO2S. The molecule has 0 saturated carbocycles. The van der Waals surface area contributed by atoms with Crippen molar-refractivity contribution in [2.24, 2.45) is 0 Å². The number of unbranched alkanes of at least 4 members (excludes halogenated alkanes) is 1. The summed E-state index contributed by atoms with van der Waals surface area (Å²) in [6.45, 7) is 0. The molecule has 1 aromatic rings. The summed E-state index contributed by atoms with van der Waals surface area (Å²) in [5, 5.41) is 0. The van der Waals surface area contributed by atoms with E-state index in [-0.39, 0.29) is 5.75 Å². The van der Waals surface area contributed by atoms with Crippen molar-refractivity contribution in [2.45, 2.75) is 12.8 Å². The van der Waals surface area contributed by atoms with Crippen molar-refractivity contribution in [3.63, 3.8) is 0 Å². The second kappa shape index (κ2) is 5.79. The van der Waals surface area contributed by atoms with Crippen molar-refractivity contribution in [1.29, 1.82) is 0 Å². The third-order valence-corrected chi connectivity index (χ3v) is 2.94. The molecule has 0 radical (unpaired) electrons. The highest BCUT2D eigenvalue weighted by Gasteiger charge is 2.02. The fourth-order valence-corrected chi connectivity index (χ4v) is 1.84. The van der Waals surface area contributed by atoms with Crippen LogP contribution < -0.4 is 0 Å². The van der Waals surface area contributed by atoms with Gasteiger partial charge in [-0.1, -0.05) is 30.0 Å². The number of hydrogen-bond donors (Lipinski definition) is 0. The third kappa shape index (κ3) is 6.16. The molecule has 1 aromatic carbocycles. The van der Waals surface area contributed by atoms with Gasteiger partial charge in [-0.15, -0.1) is 0 Å². The molecule has 0 spiro atoms. The number of halogens is 1. The Hall–Kier alpha value is -0.980. The molecule has 0 unspecified atom stereocenters. The Morgan fingerprint density at radius 3 is 2.47 bits per heavy atom. The minimum atomic E-state index is -3.36. The van der Waals surface area contributed by atoms with Gasteiger partial charge in [0.05, 0.1) is 5.75 Å². The first-order valence-corrected chi connectivity index (χ1v) is 7.02. The highest BCUT2D eigenvalue weighted by Crippen LogP contribution is 2.01. The van der Waals surface area contributed by atoms with Crippen LogP contribution in [0.1, 0.15) is 18.4 Å². The monoisotopic (exact) mass is 242 g/mol. The summed E-state index contributed by atoms with van der Waals surface area (Å²) in [6, 6.07) is 9.56. The molecule has 0 bridgehead atoms. The molecule has 15 heavy (non-hydrogen) atoms. The summed E-state index contributed by atoms with van der Waals surface area (Å²) < 4.78 is 21.2.